The molecule has 260 valence electrons. The Morgan fingerprint density at radius 2 is 1.71 bits per heavy atom. The van der Waals surface area contributed by atoms with Crippen molar-refractivity contribution in [2.45, 2.75) is 70.1 Å². The predicted molar refractivity (Wildman–Crippen MR) is 200 cm³/mol. The number of imidazole rings is 1. The Labute approximate surface area is 294 Å². The van der Waals surface area contributed by atoms with E-state index in [-0.39, 0.29) is 5.91 Å². The fraction of sp³-hybridized carbons (Fsp3) is 0.400. The highest BCUT2D eigenvalue weighted by Gasteiger charge is 2.18. The summed E-state index contributed by atoms with van der Waals surface area (Å²) in [4.78, 5) is 20.4. The monoisotopic (exact) mass is 682 g/mol. The van der Waals surface area contributed by atoms with Crippen molar-refractivity contribution >= 4 is 34.2 Å². The topological polar surface area (TPSA) is 85.7 Å². The molecule has 5 rings (SSSR count). The van der Waals surface area contributed by atoms with Crippen LogP contribution in [0.3, 0.4) is 0 Å². The van der Waals surface area contributed by atoms with Crippen LogP contribution in [0.4, 0.5) is 11.4 Å². The Balaban J connectivity index is 1.24. The van der Waals surface area contributed by atoms with Crippen LogP contribution in [0.5, 0.6) is 5.75 Å². The van der Waals surface area contributed by atoms with Gasteiger partial charge in [-0.15, -0.1) is 0 Å². The van der Waals surface area contributed by atoms with E-state index in [0.29, 0.717) is 29.5 Å². The normalized spacial score (nSPS) is 14.3. The fourth-order valence-corrected chi connectivity index (χ4v) is 7.00. The summed E-state index contributed by atoms with van der Waals surface area (Å²) >= 11 is 0. The van der Waals surface area contributed by atoms with Crippen LogP contribution in [0.1, 0.15) is 64.1 Å². The smallest absolute Gasteiger partial charge is 0.248 e. The van der Waals surface area contributed by atoms with Crippen molar-refractivity contribution in [1.29, 1.82) is 0 Å². The molecule has 1 saturated heterocycles. The molecule has 4 aromatic rings. The largest absolute Gasteiger partial charge is 0.491 e. The molecular formula is C40H50N4O4S. The second-order valence-electron chi connectivity index (χ2n) is 12.7. The van der Waals surface area contributed by atoms with E-state index in [4.69, 9.17) is 9.47 Å². The lowest BCUT2D eigenvalue weighted by Gasteiger charge is -2.33. The highest BCUT2D eigenvalue weighted by Crippen LogP contribution is 2.32. The van der Waals surface area contributed by atoms with Gasteiger partial charge in [0.1, 0.15) is 12.4 Å². The number of carbonyl (C=O) groups excluding carboxylic acids is 1. The highest BCUT2D eigenvalue weighted by atomic mass is 32.2. The summed E-state index contributed by atoms with van der Waals surface area (Å²) in [5.74, 6) is 1.72. The molecule has 8 nitrogen and oxygen atoms in total. The van der Waals surface area contributed by atoms with E-state index in [0.717, 1.165) is 98.1 Å². The molecule has 1 N–H and O–H groups in total. The first-order chi connectivity index (χ1) is 23.9. The average Bonchev–Trinajstić information content (AvgIpc) is 3.56. The van der Waals surface area contributed by atoms with Crippen LogP contribution in [-0.4, -0.2) is 52.6 Å². The molecule has 1 atom stereocenters. The molecule has 1 fully saturated rings. The summed E-state index contributed by atoms with van der Waals surface area (Å²) < 4.78 is 26.5. The van der Waals surface area contributed by atoms with Gasteiger partial charge in [0.2, 0.25) is 5.91 Å². The first-order valence-corrected chi connectivity index (χ1v) is 18.9. The van der Waals surface area contributed by atoms with Crippen LogP contribution in [0.25, 0.3) is 17.2 Å². The van der Waals surface area contributed by atoms with Crippen LogP contribution in [0.15, 0.2) is 90.2 Å². The van der Waals surface area contributed by atoms with E-state index in [9.17, 15) is 9.00 Å². The number of unbranched alkanes of at least 4 members (excludes halogenated alkanes) is 1. The van der Waals surface area contributed by atoms with Crippen molar-refractivity contribution in [3.8, 4) is 16.9 Å². The maximum absolute atomic E-state index is 13.1. The number of piperidine rings is 1. The number of hydrogen-bond donors (Lipinski definition) is 1. The van der Waals surface area contributed by atoms with Gasteiger partial charge in [0.15, 0.2) is 0 Å². The first kappa shape index (κ1) is 36.1. The number of amides is 1. The molecule has 0 unspecified atom stereocenters. The Bertz CT molecular complexity index is 1680. The van der Waals surface area contributed by atoms with Gasteiger partial charge in [0.05, 0.1) is 35.2 Å². The number of nitrogens with one attached hydrogen (secondary N) is 1. The summed E-state index contributed by atoms with van der Waals surface area (Å²) in [5, 5.41) is 2.96. The molecule has 1 amide bonds. The second-order valence-corrected chi connectivity index (χ2v) is 14.1. The van der Waals surface area contributed by atoms with Gasteiger partial charge in [0, 0.05) is 54.8 Å². The van der Waals surface area contributed by atoms with E-state index >= 15 is 0 Å². The predicted octanol–water partition coefficient (Wildman–Crippen LogP) is 8.35. The molecule has 9 heteroatoms. The standard InChI is InChI=1S/C40H50N4O4S/c1-4-6-24-47-25-26-48-37-13-7-32(8-14-37)33-9-17-39(43-22-19-31(3)20-23-43)34(27-33)10-18-40(45)42-35-11-15-38(16-12-35)49(46)29-36-28-41-30-44(36)21-5-2/h7-18,27-28,30-31H,4-6,19-26,29H2,1-3H3,(H,42,45)/b18-10+/t49-/m0/s1. The molecular weight excluding hydrogens is 633 g/mol. The Kier molecular flexibility index (Phi) is 13.6. The van der Waals surface area contributed by atoms with Gasteiger partial charge in [0.25, 0.3) is 0 Å². The number of anilines is 2. The van der Waals surface area contributed by atoms with Crippen LogP contribution in [-0.2, 0) is 32.6 Å². The zero-order chi connectivity index (χ0) is 34.4. The number of hydrogen-bond acceptors (Lipinski definition) is 6. The van der Waals surface area contributed by atoms with Gasteiger partial charge in [-0.3, -0.25) is 9.00 Å². The van der Waals surface area contributed by atoms with Crippen LogP contribution < -0.4 is 15.0 Å². The number of carbonyl (C=O) groups is 1. The zero-order valence-corrected chi connectivity index (χ0v) is 29.9. The van der Waals surface area contributed by atoms with E-state index < -0.39 is 10.8 Å². The number of benzene rings is 3. The van der Waals surface area contributed by atoms with Gasteiger partial charge in [-0.25, -0.2) is 4.98 Å². The maximum atomic E-state index is 13.1. The van der Waals surface area contributed by atoms with E-state index in [2.05, 4.69) is 66.3 Å². The lowest BCUT2D eigenvalue weighted by atomic mass is 9.96. The molecule has 0 saturated carbocycles. The van der Waals surface area contributed by atoms with Gasteiger partial charge >= 0.3 is 0 Å². The summed E-state index contributed by atoms with van der Waals surface area (Å²) in [6.45, 7) is 11.3. The molecule has 2 heterocycles. The van der Waals surface area contributed by atoms with Crippen LogP contribution in [0.2, 0.25) is 0 Å². The number of rotatable bonds is 17. The maximum Gasteiger partial charge on any atom is 0.248 e. The van der Waals surface area contributed by atoms with Crippen LogP contribution >= 0.6 is 0 Å². The number of aryl methyl sites for hydroxylation is 1. The Hall–Kier alpha value is -4.21. The minimum Gasteiger partial charge on any atom is -0.491 e. The van der Waals surface area contributed by atoms with Gasteiger partial charge in [-0.05, 0) is 103 Å². The van der Waals surface area contributed by atoms with E-state index in [1.54, 1.807) is 30.7 Å². The molecule has 1 aliphatic rings. The average molecular weight is 683 g/mol. The third-order valence-electron chi connectivity index (χ3n) is 8.82. The first-order valence-electron chi connectivity index (χ1n) is 17.6. The lowest BCUT2D eigenvalue weighted by Crippen LogP contribution is -2.33. The number of ether oxygens (including phenoxy) is 2. The van der Waals surface area contributed by atoms with Crippen molar-refractivity contribution in [2.75, 3.05) is 43.1 Å². The van der Waals surface area contributed by atoms with Gasteiger partial charge < -0.3 is 24.3 Å². The lowest BCUT2D eigenvalue weighted by molar-refractivity contribution is -0.111. The van der Waals surface area contributed by atoms with Crippen molar-refractivity contribution in [3.05, 3.63) is 96.6 Å². The molecule has 3 aromatic carbocycles. The SMILES string of the molecule is CCCCOCCOc1ccc(-c2ccc(N3CCC(C)CC3)c(/C=C/C(=O)Nc3ccc([S@@](=O)Cc4cncn4CCC)cc3)c2)cc1. The highest BCUT2D eigenvalue weighted by molar-refractivity contribution is 7.84. The molecule has 0 radical (unpaired) electrons. The summed E-state index contributed by atoms with van der Waals surface area (Å²) in [6, 6.07) is 21.8. The summed E-state index contributed by atoms with van der Waals surface area (Å²) in [5.41, 5.74) is 5.90. The molecule has 0 spiro atoms. The van der Waals surface area contributed by atoms with E-state index in [1.807, 2.05) is 34.9 Å². The van der Waals surface area contributed by atoms with Crippen molar-refractivity contribution < 1.29 is 18.5 Å². The molecule has 49 heavy (non-hydrogen) atoms. The fourth-order valence-electron chi connectivity index (χ4n) is 5.88. The second kappa shape index (κ2) is 18.5. The van der Waals surface area contributed by atoms with Crippen molar-refractivity contribution in [3.63, 3.8) is 0 Å². The third-order valence-corrected chi connectivity index (χ3v) is 10.2. The van der Waals surface area contributed by atoms with Gasteiger partial charge in [-0.2, -0.15) is 0 Å². The van der Waals surface area contributed by atoms with Crippen molar-refractivity contribution in [2.24, 2.45) is 5.92 Å². The Morgan fingerprint density at radius 3 is 2.45 bits per heavy atom. The molecule has 0 aliphatic carbocycles. The number of aromatic nitrogens is 2. The number of nitrogens with zero attached hydrogens (tertiary/aromatic N) is 3. The molecule has 0 bridgehead atoms. The zero-order valence-electron chi connectivity index (χ0n) is 29.1. The quantitative estimate of drug-likeness (QED) is 0.0890. The van der Waals surface area contributed by atoms with Crippen molar-refractivity contribution in [1.82, 2.24) is 9.55 Å². The minimum atomic E-state index is -1.21. The van der Waals surface area contributed by atoms with Gasteiger partial charge in [-0.1, -0.05) is 45.4 Å². The Morgan fingerprint density at radius 1 is 0.959 bits per heavy atom. The minimum absolute atomic E-state index is 0.221. The molecule has 1 aromatic heterocycles. The van der Waals surface area contributed by atoms with Crippen LogP contribution in [0, 0.1) is 5.92 Å². The van der Waals surface area contributed by atoms with E-state index in [1.165, 1.54) is 0 Å². The summed E-state index contributed by atoms with van der Waals surface area (Å²) in [7, 11) is -1.21. The third kappa shape index (κ3) is 10.6. The summed E-state index contributed by atoms with van der Waals surface area (Å²) in [6.07, 6.45) is 12.6. The molecule has 1 aliphatic heterocycles.